The number of hydrogen-bond acceptors (Lipinski definition) is 3. The number of nitrogens with two attached hydrogens (primary N) is 1. The van der Waals surface area contributed by atoms with E-state index in [9.17, 15) is 0 Å². The summed E-state index contributed by atoms with van der Waals surface area (Å²) in [5.74, 6) is 0. The standard InChI is InChI=1S/C8H7IN2S/c1-4-11-6-3-2-5(10)7(9)8(6)12-4/h2-3H,10H2,1H3. The van der Waals surface area contributed by atoms with Crippen LogP contribution in [0.2, 0.25) is 0 Å². The molecule has 12 heavy (non-hydrogen) atoms. The molecule has 0 aliphatic heterocycles. The van der Waals surface area contributed by atoms with Crippen molar-refractivity contribution in [2.45, 2.75) is 6.92 Å². The largest absolute Gasteiger partial charge is 0.398 e. The molecule has 1 aromatic heterocycles. The van der Waals surface area contributed by atoms with Gasteiger partial charge in [-0.05, 0) is 41.6 Å². The zero-order valence-corrected chi connectivity index (χ0v) is 9.44. The van der Waals surface area contributed by atoms with Crippen LogP contribution >= 0.6 is 33.9 Å². The van der Waals surface area contributed by atoms with E-state index in [0.717, 1.165) is 19.8 Å². The number of nitrogen functional groups attached to an aromatic ring is 1. The van der Waals surface area contributed by atoms with Crippen LogP contribution in [0.3, 0.4) is 0 Å². The van der Waals surface area contributed by atoms with Crippen LogP contribution in [-0.4, -0.2) is 4.98 Å². The monoisotopic (exact) mass is 290 g/mol. The number of benzene rings is 1. The molecule has 0 radical (unpaired) electrons. The number of nitrogens with zero attached hydrogens (tertiary/aromatic N) is 1. The van der Waals surface area contributed by atoms with Crippen LogP contribution in [0.5, 0.6) is 0 Å². The summed E-state index contributed by atoms with van der Waals surface area (Å²) in [6, 6.07) is 3.87. The quantitative estimate of drug-likeness (QED) is 0.598. The Morgan fingerprint density at radius 2 is 2.25 bits per heavy atom. The molecule has 0 saturated carbocycles. The molecule has 0 amide bonds. The van der Waals surface area contributed by atoms with Gasteiger partial charge < -0.3 is 5.73 Å². The Morgan fingerprint density at radius 1 is 1.50 bits per heavy atom. The first-order valence-electron chi connectivity index (χ1n) is 3.49. The summed E-state index contributed by atoms with van der Waals surface area (Å²) in [5, 5.41) is 1.09. The van der Waals surface area contributed by atoms with Crippen LogP contribution in [0, 0.1) is 10.5 Å². The van der Waals surface area contributed by atoms with Crippen molar-refractivity contribution in [1.82, 2.24) is 4.98 Å². The average Bonchev–Trinajstić information content (AvgIpc) is 2.39. The van der Waals surface area contributed by atoms with Crippen molar-refractivity contribution in [1.29, 1.82) is 0 Å². The zero-order valence-electron chi connectivity index (χ0n) is 6.47. The van der Waals surface area contributed by atoms with Gasteiger partial charge in [0.15, 0.2) is 0 Å². The highest BCUT2D eigenvalue weighted by Gasteiger charge is 2.05. The van der Waals surface area contributed by atoms with E-state index in [4.69, 9.17) is 5.73 Å². The number of fused-ring (bicyclic) bond motifs is 1. The van der Waals surface area contributed by atoms with Crippen LogP contribution in [0.15, 0.2) is 12.1 Å². The van der Waals surface area contributed by atoms with E-state index in [1.807, 2.05) is 19.1 Å². The highest BCUT2D eigenvalue weighted by atomic mass is 127. The molecule has 0 saturated heterocycles. The number of halogens is 1. The lowest BCUT2D eigenvalue weighted by atomic mass is 10.3. The van der Waals surface area contributed by atoms with Crippen molar-refractivity contribution in [2.75, 3.05) is 5.73 Å². The van der Waals surface area contributed by atoms with Crippen LogP contribution in [0.4, 0.5) is 5.69 Å². The molecule has 0 fully saturated rings. The maximum atomic E-state index is 5.77. The summed E-state index contributed by atoms with van der Waals surface area (Å²) < 4.78 is 2.32. The molecule has 62 valence electrons. The second kappa shape index (κ2) is 2.85. The Morgan fingerprint density at radius 3 is 3.00 bits per heavy atom. The average molecular weight is 290 g/mol. The third-order valence-corrected chi connectivity index (χ3v) is 4.17. The van der Waals surface area contributed by atoms with E-state index in [2.05, 4.69) is 27.6 Å². The second-order valence-electron chi connectivity index (χ2n) is 2.55. The molecular formula is C8H7IN2S. The van der Waals surface area contributed by atoms with E-state index < -0.39 is 0 Å². The maximum Gasteiger partial charge on any atom is 0.0908 e. The van der Waals surface area contributed by atoms with Crippen molar-refractivity contribution in [2.24, 2.45) is 0 Å². The number of hydrogen-bond donors (Lipinski definition) is 1. The fourth-order valence-electron chi connectivity index (χ4n) is 1.09. The summed E-state index contributed by atoms with van der Waals surface area (Å²) in [7, 11) is 0. The van der Waals surface area contributed by atoms with Crippen LogP contribution in [0.25, 0.3) is 10.2 Å². The van der Waals surface area contributed by atoms with Crippen molar-refractivity contribution >= 4 is 49.8 Å². The lowest BCUT2D eigenvalue weighted by molar-refractivity contribution is 1.35. The van der Waals surface area contributed by atoms with Gasteiger partial charge in [-0.1, -0.05) is 0 Å². The van der Waals surface area contributed by atoms with E-state index in [1.54, 1.807) is 11.3 Å². The van der Waals surface area contributed by atoms with Crippen molar-refractivity contribution in [3.63, 3.8) is 0 Å². The molecule has 0 bridgehead atoms. The minimum absolute atomic E-state index is 0.840. The molecule has 1 aromatic carbocycles. The van der Waals surface area contributed by atoms with E-state index in [1.165, 1.54) is 4.70 Å². The summed E-state index contributed by atoms with van der Waals surface area (Å²) in [4.78, 5) is 4.37. The second-order valence-corrected chi connectivity index (χ2v) is 4.83. The van der Waals surface area contributed by atoms with Crippen molar-refractivity contribution in [3.05, 3.63) is 20.7 Å². The minimum atomic E-state index is 0.840. The molecule has 0 unspecified atom stereocenters. The van der Waals surface area contributed by atoms with Gasteiger partial charge in [0.1, 0.15) is 0 Å². The predicted molar refractivity (Wildman–Crippen MR) is 61.5 cm³/mol. The van der Waals surface area contributed by atoms with E-state index in [-0.39, 0.29) is 0 Å². The Balaban J connectivity index is 2.89. The Labute approximate surface area is 87.9 Å². The van der Waals surface area contributed by atoms with E-state index >= 15 is 0 Å². The van der Waals surface area contributed by atoms with Gasteiger partial charge in [0, 0.05) is 5.69 Å². The molecule has 1 heterocycles. The minimum Gasteiger partial charge on any atom is -0.398 e. The molecule has 2 rings (SSSR count). The molecule has 2 nitrogen and oxygen atoms in total. The zero-order chi connectivity index (χ0) is 8.72. The third kappa shape index (κ3) is 1.19. The first-order chi connectivity index (χ1) is 5.68. The molecule has 0 spiro atoms. The molecule has 4 heteroatoms. The number of aryl methyl sites for hydroxylation is 1. The molecular weight excluding hydrogens is 283 g/mol. The first-order valence-corrected chi connectivity index (χ1v) is 5.39. The maximum absolute atomic E-state index is 5.77. The first kappa shape index (κ1) is 8.25. The summed E-state index contributed by atoms with van der Waals surface area (Å²) in [6.45, 7) is 2.01. The molecule has 0 atom stereocenters. The van der Waals surface area contributed by atoms with Gasteiger partial charge in [0.2, 0.25) is 0 Å². The van der Waals surface area contributed by atoms with Gasteiger partial charge in [-0.2, -0.15) is 0 Å². The SMILES string of the molecule is Cc1nc2ccc(N)c(I)c2s1. The van der Waals surface area contributed by atoms with Crippen LogP contribution < -0.4 is 5.73 Å². The Kier molecular flexibility index (Phi) is 1.96. The van der Waals surface area contributed by atoms with Crippen molar-refractivity contribution < 1.29 is 0 Å². The number of rotatable bonds is 0. The normalized spacial score (nSPS) is 10.8. The number of aromatic nitrogens is 1. The van der Waals surface area contributed by atoms with Crippen molar-refractivity contribution in [3.8, 4) is 0 Å². The number of thiazole rings is 1. The van der Waals surface area contributed by atoms with Gasteiger partial charge >= 0.3 is 0 Å². The van der Waals surface area contributed by atoms with Gasteiger partial charge in [0.25, 0.3) is 0 Å². The lowest BCUT2D eigenvalue weighted by Gasteiger charge is -1.96. The summed E-state index contributed by atoms with van der Waals surface area (Å²) in [6.07, 6.45) is 0. The lowest BCUT2D eigenvalue weighted by Crippen LogP contribution is -1.87. The highest BCUT2D eigenvalue weighted by Crippen LogP contribution is 2.30. The summed E-state index contributed by atoms with van der Waals surface area (Å²) in [5.41, 5.74) is 7.66. The van der Waals surface area contributed by atoms with Crippen LogP contribution in [0.1, 0.15) is 5.01 Å². The summed E-state index contributed by atoms with van der Waals surface area (Å²) >= 11 is 3.96. The van der Waals surface area contributed by atoms with Gasteiger partial charge in [-0.3, -0.25) is 0 Å². The number of anilines is 1. The Bertz CT molecular complexity index is 436. The molecule has 0 aliphatic rings. The van der Waals surface area contributed by atoms with Gasteiger partial charge in [-0.25, -0.2) is 4.98 Å². The van der Waals surface area contributed by atoms with Crippen LogP contribution in [-0.2, 0) is 0 Å². The van der Waals surface area contributed by atoms with E-state index in [0.29, 0.717) is 0 Å². The Hall–Kier alpha value is -0.360. The third-order valence-electron chi connectivity index (χ3n) is 1.63. The van der Waals surface area contributed by atoms with Gasteiger partial charge in [-0.15, -0.1) is 11.3 Å². The predicted octanol–water partition coefficient (Wildman–Crippen LogP) is 2.79. The van der Waals surface area contributed by atoms with Gasteiger partial charge in [0.05, 0.1) is 18.8 Å². The smallest absolute Gasteiger partial charge is 0.0908 e. The topological polar surface area (TPSA) is 38.9 Å². The molecule has 2 N–H and O–H groups in total. The fourth-order valence-corrected chi connectivity index (χ4v) is 2.74. The fraction of sp³-hybridized carbons (Fsp3) is 0.125. The molecule has 2 aromatic rings. The highest BCUT2D eigenvalue weighted by molar-refractivity contribution is 14.1. The molecule has 0 aliphatic carbocycles.